The van der Waals surface area contributed by atoms with Crippen molar-refractivity contribution in [3.05, 3.63) is 18.0 Å². The van der Waals surface area contributed by atoms with Gasteiger partial charge in [0.1, 0.15) is 0 Å². The molecule has 0 atom stereocenters. The number of esters is 1. The molecule has 1 rings (SSSR count). The van der Waals surface area contributed by atoms with Crippen LogP contribution >= 0.6 is 0 Å². The summed E-state index contributed by atoms with van der Waals surface area (Å²) in [5, 5.41) is 6.14. The summed E-state index contributed by atoms with van der Waals surface area (Å²) in [5.74, 6) is -0.245. The molecule has 0 bridgehead atoms. The fourth-order valence-corrected chi connectivity index (χ4v) is 0.704. The third-order valence-electron chi connectivity index (χ3n) is 1.14. The van der Waals surface area contributed by atoms with Gasteiger partial charge in [-0.25, -0.2) is 0 Å². The van der Waals surface area contributed by atoms with Crippen molar-refractivity contribution < 1.29 is 9.53 Å². The van der Waals surface area contributed by atoms with Gasteiger partial charge in [-0.15, -0.1) is 0 Å². The van der Waals surface area contributed by atoms with Crippen molar-refractivity contribution in [2.45, 2.75) is 13.3 Å². The average Bonchev–Trinajstić information content (AvgIpc) is 2.40. The lowest BCUT2D eigenvalue weighted by Gasteiger charge is -1.97. The van der Waals surface area contributed by atoms with Crippen LogP contribution < -0.4 is 0 Å². The highest BCUT2D eigenvalue weighted by Crippen LogP contribution is 1.95. The summed E-state index contributed by atoms with van der Waals surface area (Å²) in [7, 11) is 0. The van der Waals surface area contributed by atoms with Crippen LogP contribution in [0.4, 0.5) is 0 Å². The molecule has 4 nitrogen and oxygen atoms in total. The van der Waals surface area contributed by atoms with Crippen LogP contribution in [0.3, 0.4) is 0 Å². The lowest BCUT2D eigenvalue weighted by atomic mass is 10.3. The Bertz CT molecular complexity index is 218. The summed E-state index contributed by atoms with van der Waals surface area (Å²) in [6.45, 7) is 2.19. The molecule has 0 unspecified atom stereocenters. The molecule has 0 fully saturated rings. The number of rotatable bonds is 3. The van der Waals surface area contributed by atoms with Crippen LogP contribution in [0.15, 0.2) is 6.20 Å². The Morgan fingerprint density at radius 2 is 2.73 bits per heavy atom. The lowest BCUT2D eigenvalue weighted by molar-refractivity contribution is -0.142. The summed E-state index contributed by atoms with van der Waals surface area (Å²) in [5.41, 5.74) is 0.725. The third-order valence-corrected chi connectivity index (χ3v) is 1.14. The molecule has 11 heavy (non-hydrogen) atoms. The van der Waals surface area contributed by atoms with Crippen molar-refractivity contribution in [2.75, 3.05) is 6.61 Å². The quantitative estimate of drug-likeness (QED) is 0.636. The van der Waals surface area contributed by atoms with Gasteiger partial charge < -0.3 is 4.74 Å². The molecule has 4 heteroatoms. The Morgan fingerprint density at radius 3 is 3.27 bits per heavy atom. The maximum absolute atomic E-state index is 10.8. The van der Waals surface area contributed by atoms with Crippen LogP contribution in [-0.2, 0) is 16.0 Å². The molecular weight excluding hydrogens is 144 g/mol. The van der Waals surface area contributed by atoms with E-state index in [4.69, 9.17) is 4.74 Å². The number of hydrogen-bond donors (Lipinski definition) is 1. The van der Waals surface area contributed by atoms with Gasteiger partial charge in [0.05, 0.1) is 25.4 Å². The maximum Gasteiger partial charge on any atom is 0.310 e. The standard InChI is InChI=1S/C7H9N2O2/c1-2-11-7(10)3-6-4-8-9-5-6/h4H,2-3H2,1H3,(H,8,9). The summed E-state index contributed by atoms with van der Waals surface area (Å²) >= 11 is 0. The molecule has 0 aromatic carbocycles. The number of nitrogens with one attached hydrogen (secondary N) is 1. The van der Waals surface area contributed by atoms with Crippen molar-refractivity contribution >= 4 is 5.97 Å². The predicted molar refractivity (Wildman–Crippen MR) is 37.8 cm³/mol. The molecular formula is C7H9N2O2. The molecule has 1 heterocycles. The molecule has 0 saturated heterocycles. The summed E-state index contributed by atoms with van der Waals surface area (Å²) in [6.07, 6.45) is 4.48. The first-order valence-corrected chi connectivity index (χ1v) is 3.38. The molecule has 0 saturated carbocycles. The van der Waals surface area contributed by atoms with Crippen LogP contribution in [0.5, 0.6) is 0 Å². The minimum Gasteiger partial charge on any atom is -0.466 e. The maximum atomic E-state index is 10.8. The number of carbonyl (C=O) groups is 1. The van der Waals surface area contributed by atoms with E-state index in [1.807, 2.05) is 0 Å². The van der Waals surface area contributed by atoms with E-state index < -0.39 is 0 Å². The number of H-pyrrole nitrogens is 1. The van der Waals surface area contributed by atoms with Crippen molar-refractivity contribution in [1.82, 2.24) is 10.2 Å². The first-order chi connectivity index (χ1) is 5.33. The monoisotopic (exact) mass is 153 g/mol. The summed E-state index contributed by atoms with van der Waals surface area (Å²) in [4.78, 5) is 10.8. The average molecular weight is 153 g/mol. The van der Waals surface area contributed by atoms with E-state index in [1.54, 1.807) is 13.1 Å². The zero-order valence-corrected chi connectivity index (χ0v) is 6.26. The molecule has 0 aliphatic rings. The van der Waals surface area contributed by atoms with Gasteiger partial charge in [-0.1, -0.05) is 0 Å². The van der Waals surface area contributed by atoms with Gasteiger partial charge in [-0.05, 0) is 6.92 Å². The molecule has 1 N–H and O–H groups in total. The number of nitrogens with zero attached hydrogens (tertiary/aromatic N) is 1. The van der Waals surface area contributed by atoms with Crippen LogP contribution in [-0.4, -0.2) is 22.8 Å². The zero-order valence-electron chi connectivity index (χ0n) is 6.26. The molecule has 0 aliphatic carbocycles. The molecule has 0 amide bonds. The first-order valence-electron chi connectivity index (χ1n) is 3.38. The highest BCUT2D eigenvalue weighted by atomic mass is 16.5. The van der Waals surface area contributed by atoms with Gasteiger partial charge in [-0.2, -0.15) is 5.10 Å². The van der Waals surface area contributed by atoms with E-state index in [9.17, 15) is 4.79 Å². The number of hydrogen-bond acceptors (Lipinski definition) is 3. The van der Waals surface area contributed by atoms with E-state index in [0.717, 1.165) is 5.56 Å². The van der Waals surface area contributed by atoms with E-state index in [2.05, 4.69) is 16.4 Å². The predicted octanol–water partition coefficient (Wildman–Crippen LogP) is 0.315. The van der Waals surface area contributed by atoms with Gasteiger partial charge in [0.15, 0.2) is 0 Å². The Balaban J connectivity index is 2.37. The molecule has 1 aromatic rings. The number of aromatic nitrogens is 2. The van der Waals surface area contributed by atoms with Crippen molar-refractivity contribution in [1.29, 1.82) is 0 Å². The third kappa shape index (κ3) is 2.41. The van der Waals surface area contributed by atoms with E-state index in [-0.39, 0.29) is 12.4 Å². The van der Waals surface area contributed by atoms with E-state index in [0.29, 0.717) is 6.61 Å². The highest BCUT2D eigenvalue weighted by molar-refractivity contribution is 5.72. The number of carbonyl (C=O) groups excluding carboxylic acids is 1. The van der Waals surface area contributed by atoms with Crippen LogP contribution in [0.1, 0.15) is 12.5 Å². The van der Waals surface area contributed by atoms with Gasteiger partial charge >= 0.3 is 5.97 Å². The minimum absolute atomic E-state index is 0.240. The van der Waals surface area contributed by atoms with Crippen LogP contribution in [0, 0.1) is 6.20 Å². The van der Waals surface area contributed by atoms with Crippen molar-refractivity contribution in [3.63, 3.8) is 0 Å². The topological polar surface area (TPSA) is 55.0 Å². The fourth-order valence-electron chi connectivity index (χ4n) is 0.704. The number of ether oxygens (including phenoxy) is 1. The van der Waals surface area contributed by atoms with Gasteiger partial charge in [0.2, 0.25) is 0 Å². The van der Waals surface area contributed by atoms with E-state index in [1.165, 1.54) is 0 Å². The number of aromatic amines is 1. The van der Waals surface area contributed by atoms with Gasteiger partial charge in [0, 0.05) is 5.56 Å². The SMILES string of the molecule is CCOC(=O)Cc1[c][nH]nc1. The zero-order chi connectivity index (χ0) is 8.10. The second-order valence-corrected chi connectivity index (χ2v) is 2.00. The minimum atomic E-state index is -0.245. The highest BCUT2D eigenvalue weighted by Gasteiger charge is 2.03. The Hall–Kier alpha value is -1.32. The Labute approximate surface area is 64.6 Å². The fraction of sp³-hybridized carbons (Fsp3) is 0.429. The van der Waals surface area contributed by atoms with Gasteiger partial charge in [-0.3, -0.25) is 9.89 Å². The van der Waals surface area contributed by atoms with Crippen molar-refractivity contribution in [3.8, 4) is 0 Å². The second kappa shape index (κ2) is 3.75. The van der Waals surface area contributed by atoms with Crippen molar-refractivity contribution in [2.24, 2.45) is 0 Å². The van der Waals surface area contributed by atoms with Gasteiger partial charge in [0.25, 0.3) is 0 Å². The summed E-state index contributed by atoms with van der Waals surface area (Å²) in [6, 6.07) is 0. The van der Waals surface area contributed by atoms with Crippen LogP contribution in [0.2, 0.25) is 0 Å². The molecule has 0 spiro atoms. The molecule has 1 aromatic heterocycles. The smallest absolute Gasteiger partial charge is 0.310 e. The normalized spacial score (nSPS) is 9.55. The largest absolute Gasteiger partial charge is 0.466 e. The molecule has 0 aliphatic heterocycles. The molecule has 59 valence electrons. The Kier molecular flexibility index (Phi) is 2.66. The first kappa shape index (κ1) is 7.78. The lowest BCUT2D eigenvalue weighted by Crippen LogP contribution is -2.06. The molecule has 1 radical (unpaired) electrons. The summed E-state index contributed by atoms with van der Waals surface area (Å²) < 4.78 is 4.71. The Morgan fingerprint density at radius 1 is 1.91 bits per heavy atom. The second-order valence-electron chi connectivity index (χ2n) is 2.00. The van der Waals surface area contributed by atoms with E-state index >= 15 is 0 Å². The van der Waals surface area contributed by atoms with Crippen LogP contribution in [0.25, 0.3) is 0 Å².